The van der Waals surface area contributed by atoms with E-state index in [4.69, 9.17) is 9.47 Å². The minimum Gasteiger partial charge on any atom is -0.448 e. The third kappa shape index (κ3) is 5.74. The molecule has 8 nitrogen and oxygen atoms in total. The van der Waals surface area contributed by atoms with Crippen LogP contribution in [0.3, 0.4) is 0 Å². The van der Waals surface area contributed by atoms with Gasteiger partial charge in [0.05, 0.1) is 0 Å². The lowest BCUT2D eigenvalue weighted by Gasteiger charge is -2.26. The third-order valence-corrected chi connectivity index (χ3v) is 5.33. The molecule has 0 spiro atoms. The van der Waals surface area contributed by atoms with Gasteiger partial charge in [-0.15, -0.1) is 12.4 Å². The largest absolute Gasteiger partial charge is 0.448 e. The normalized spacial score (nSPS) is 14.2. The molecule has 1 aliphatic rings. The van der Waals surface area contributed by atoms with Crippen molar-refractivity contribution in [2.24, 2.45) is 5.92 Å². The quantitative estimate of drug-likeness (QED) is 0.528. The van der Waals surface area contributed by atoms with Crippen LogP contribution < -0.4 is 20.6 Å². The summed E-state index contributed by atoms with van der Waals surface area (Å²) in [4.78, 5) is 22.4. The minimum absolute atomic E-state index is 0. The summed E-state index contributed by atoms with van der Waals surface area (Å²) in [6.45, 7) is 5.98. The standard InChI is InChI=1S/C23H27F2N5O3.ClH/c1-14(2)13-29(3)30-21-15(12-26-23(28-21)27-17-6-8-32-9-7-17)10-20(22(30)31)33-19-5-4-16(24)11-18(19)25;/h4-5,10-12,14,17H,6-9,13H2,1-3H3,(H,26,27,28);1H. The maximum atomic E-state index is 14.2. The van der Waals surface area contributed by atoms with Gasteiger partial charge in [-0.2, -0.15) is 9.66 Å². The Morgan fingerprint density at radius 1 is 1.24 bits per heavy atom. The number of benzene rings is 1. The smallest absolute Gasteiger partial charge is 0.313 e. The Morgan fingerprint density at radius 2 is 1.97 bits per heavy atom. The third-order valence-electron chi connectivity index (χ3n) is 5.33. The van der Waals surface area contributed by atoms with E-state index in [2.05, 4.69) is 15.3 Å². The Balaban J connectivity index is 0.00000324. The maximum absolute atomic E-state index is 14.2. The highest BCUT2D eigenvalue weighted by molar-refractivity contribution is 5.85. The molecule has 3 aromatic rings. The zero-order chi connectivity index (χ0) is 23.5. The van der Waals surface area contributed by atoms with Gasteiger partial charge in [-0.3, -0.25) is 4.79 Å². The molecule has 2 aromatic heterocycles. The molecule has 3 heterocycles. The summed E-state index contributed by atoms with van der Waals surface area (Å²) in [5.74, 6) is -1.31. The summed E-state index contributed by atoms with van der Waals surface area (Å²) in [6, 6.07) is 4.58. The molecule has 4 rings (SSSR count). The van der Waals surface area contributed by atoms with E-state index in [0.29, 0.717) is 42.8 Å². The lowest BCUT2D eigenvalue weighted by atomic mass is 10.1. The minimum atomic E-state index is -0.899. The number of pyridine rings is 1. The molecule has 1 N–H and O–H groups in total. The Kier molecular flexibility index (Phi) is 8.27. The predicted octanol–water partition coefficient (Wildman–Crippen LogP) is 4.10. The Morgan fingerprint density at radius 3 is 2.65 bits per heavy atom. The van der Waals surface area contributed by atoms with Crippen molar-refractivity contribution >= 4 is 29.4 Å². The van der Waals surface area contributed by atoms with Gasteiger partial charge in [0.15, 0.2) is 23.0 Å². The zero-order valence-electron chi connectivity index (χ0n) is 19.3. The molecular formula is C23H28ClF2N5O3. The summed E-state index contributed by atoms with van der Waals surface area (Å²) in [7, 11) is 1.77. The summed E-state index contributed by atoms with van der Waals surface area (Å²) in [5, 5.41) is 5.60. The first kappa shape index (κ1) is 25.6. The highest BCUT2D eigenvalue weighted by Crippen LogP contribution is 2.25. The molecule has 34 heavy (non-hydrogen) atoms. The van der Waals surface area contributed by atoms with Crippen LogP contribution in [0.15, 0.2) is 35.3 Å². The highest BCUT2D eigenvalue weighted by Gasteiger charge is 2.20. The highest BCUT2D eigenvalue weighted by atomic mass is 35.5. The van der Waals surface area contributed by atoms with Crippen LogP contribution in [0.5, 0.6) is 11.5 Å². The van der Waals surface area contributed by atoms with Gasteiger partial charge in [0, 0.05) is 50.5 Å². The van der Waals surface area contributed by atoms with Crippen molar-refractivity contribution in [3.8, 4) is 11.5 Å². The average molecular weight is 496 g/mol. The fourth-order valence-corrected chi connectivity index (χ4v) is 3.83. The van der Waals surface area contributed by atoms with Crippen LogP contribution in [-0.2, 0) is 4.74 Å². The molecule has 0 aliphatic carbocycles. The zero-order valence-corrected chi connectivity index (χ0v) is 20.1. The van der Waals surface area contributed by atoms with Gasteiger partial charge in [-0.1, -0.05) is 13.8 Å². The number of aromatic nitrogens is 3. The first-order valence-corrected chi connectivity index (χ1v) is 10.9. The maximum Gasteiger partial charge on any atom is 0.313 e. The first-order valence-electron chi connectivity index (χ1n) is 10.9. The number of nitrogens with one attached hydrogen (secondary N) is 1. The van der Waals surface area contributed by atoms with Crippen LogP contribution in [0.25, 0.3) is 11.0 Å². The fourth-order valence-electron chi connectivity index (χ4n) is 3.83. The average Bonchev–Trinajstić information content (AvgIpc) is 2.76. The van der Waals surface area contributed by atoms with E-state index in [0.717, 1.165) is 25.0 Å². The van der Waals surface area contributed by atoms with Gasteiger partial charge in [0.25, 0.3) is 0 Å². The second-order valence-corrected chi connectivity index (χ2v) is 8.54. The van der Waals surface area contributed by atoms with Crippen molar-refractivity contribution in [1.82, 2.24) is 14.6 Å². The molecule has 1 aromatic carbocycles. The van der Waals surface area contributed by atoms with Crippen molar-refractivity contribution in [3.63, 3.8) is 0 Å². The Labute approximate surface area is 202 Å². The van der Waals surface area contributed by atoms with Gasteiger partial charge in [-0.05, 0) is 37.0 Å². The molecule has 0 radical (unpaired) electrons. The molecule has 1 saturated heterocycles. The van der Waals surface area contributed by atoms with E-state index in [9.17, 15) is 13.6 Å². The van der Waals surface area contributed by atoms with E-state index in [1.54, 1.807) is 18.3 Å². The summed E-state index contributed by atoms with van der Waals surface area (Å²) < 4.78 is 39.8. The topological polar surface area (TPSA) is 81.5 Å². The molecule has 0 bridgehead atoms. The predicted molar refractivity (Wildman–Crippen MR) is 129 cm³/mol. The molecular weight excluding hydrogens is 468 g/mol. The number of hydrogen-bond donors (Lipinski definition) is 1. The molecule has 11 heteroatoms. The number of rotatable bonds is 7. The first-order chi connectivity index (χ1) is 15.8. The molecule has 0 unspecified atom stereocenters. The van der Waals surface area contributed by atoms with E-state index in [1.807, 2.05) is 13.8 Å². The SMILES string of the molecule is CC(C)CN(C)n1c(=O)c(Oc2ccc(F)cc2F)cc2cnc(NC3CCOCC3)nc21.Cl. The second kappa shape index (κ2) is 11.0. The van der Waals surface area contributed by atoms with E-state index < -0.39 is 17.2 Å². The molecule has 1 fully saturated rings. The van der Waals surface area contributed by atoms with Gasteiger partial charge in [-0.25, -0.2) is 13.8 Å². The number of ether oxygens (including phenoxy) is 2. The number of fused-ring (bicyclic) bond motifs is 1. The van der Waals surface area contributed by atoms with Gasteiger partial charge in [0.2, 0.25) is 5.95 Å². The van der Waals surface area contributed by atoms with Crippen LogP contribution in [0, 0.1) is 17.6 Å². The number of halogens is 3. The van der Waals surface area contributed by atoms with Crippen LogP contribution >= 0.6 is 12.4 Å². The van der Waals surface area contributed by atoms with Gasteiger partial charge < -0.3 is 19.8 Å². The molecule has 0 saturated carbocycles. The number of nitrogens with zero attached hydrogens (tertiary/aromatic N) is 4. The van der Waals surface area contributed by atoms with Crippen molar-refractivity contribution in [2.75, 3.05) is 37.1 Å². The van der Waals surface area contributed by atoms with Crippen LogP contribution in [0.2, 0.25) is 0 Å². The van der Waals surface area contributed by atoms with Crippen molar-refractivity contribution in [3.05, 3.63) is 52.5 Å². The summed E-state index contributed by atoms with van der Waals surface area (Å²) in [5.41, 5.74) is -0.107. The Bertz CT molecular complexity index is 1200. The van der Waals surface area contributed by atoms with Crippen LogP contribution in [0.4, 0.5) is 14.7 Å². The van der Waals surface area contributed by atoms with E-state index in [-0.39, 0.29) is 35.9 Å². The lowest BCUT2D eigenvalue weighted by Crippen LogP contribution is -2.42. The fraction of sp³-hybridized carbons (Fsp3) is 0.435. The molecule has 0 atom stereocenters. The van der Waals surface area contributed by atoms with Crippen LogP contribution in [0.1, 0.15) is 26.7 Å². The van der Waals surface area contributed by atoms with Crippen molar-refractivity contribution in [1.29, 1.82) is 0 Å². The molecule has 184 valence electrons. The monoisotopic (exact) mass is 495 g/mol. The van der Waals surface area contributed by atoms with E-state index >= 15 is 0 Å². The van der Waals surface area contributed by atoms with Crippen LogP contribution in [-0.4, -0.2) is 47.5 Å². The summed E-state index contributed by atoms with van der Waals surface area (Å²) >= 11 is 0. The summed E-state index contributed by atoms with van der Waals surface area (Å²) in [6.07, 6.45) is 3.28. The number of hydrogen-bond acceptors (Lipinski definition) is 7. The van der Waals surface area contributed by atoms with Gasteiger partial charge >= 0.3 is 5.56 Å². The molecule has 0 amide bonds. The lowest BCUT2D eigenvalue weighted by molar-refractivity contribution is 0.0903. The molecule has 1 aliphatic heterocycles. The van der Waals surface area contributed by atoms with Gasteiger partial charge in [0.1, 0.15) is 5.82 Å². The van der Waals surface area contributed by atoms with E-state index in [1.165, 1.54) is 10.7 Å². The van der Waals surface area contributed by atoms with Crippen molar-refractivity contribution in [2.45, 2.75) is 32.7 Å². The van der Waals surface area contributed by atoms with Crippen molar-refractivity contribution < 1.29 is 18.3 Å². The number of anilines is 1. The second-order valence-electron chi connectivity index (χ2n) is 8.54. The Hall–Kier alpha value is -2.98.